The number of hydrogen-bond donors (Lipinski definition) is 0. The SMILES string of the molecule is CCCCCc1ccc(-c2ccc(C=CC#N)cc2)nc1. The van der Waals surface area contributed by atoms with E-state index in [0.717, 1.165) is 23.2 Å². The maximum absolute atomic E-state index is 8.52. The molecule has 0 saturated carbocycles. The van der Waals surface area contributed by atoms with Gasteiger partial charge in [-0.05, 0) is 36.1 Å². The van der Waals surface area contributed by atoms with Gasteiger partial charge in [0.15, 0.2) is 0 Å². The molecule has 0 amide bonds. The van der Waals surface area contributed by atoms with Crippen LogP contribution in [0.15, 0.2) is 48.7 Å². The first-order valence-corrected chi connectivity index (χ1v) is 7.45. The number of aromatic nitrogens is 1. The Morgan fingerprint density at radius 1 is 1.10 bits per heavy atom. The normalized spacial score (nSPS) is 10.7. The summed E-state index contributed by atoms with van der Waals surface area (Å²) in [5, 5.41) is 8.52. The van der Waals surface area contributed by atoms with E-state index in [1.165, 1.54) is 30.9 Å². The lowest BCUT2D eigenvalue weighted by Gasteiger charge is -2.04. The summed E-state index contributed by atoms with van der Waals surface area (Å²) in [6.07, 6.45) is 10.1. The van der Waals surface area contributed by atoms with Gasteiger partial charge in [0.2, 0.25) is 0 Å². The topological polar surface area (TPSA) is 36.7 Å². The van der Waals surface area contributed by atoms with E-state index in [4.69, 9.17) is 5.26 Å². The number of aryl methyl sites for hydroxylation is 1. The number of benzene rings is 1. The van der Waals surface area contributed by atoms with E-state index in [0.29, 0.717) is 0 Å². The van der Waals surface area contributed by atoms with Gasteiger partial charge in [0.25, 0.3) is 0 Å². The van der Waals surface area contributed by atoms with Crippen molar-refractivity contribution < 1.29 is 0 Å². The van der Waals surface area contributed by atoms with Crippen molar-refractivity contribution in [1.29, 1.82) is 5.26 Å². The average molecular weight is 276 g/mol. The van der Waals surface area contributed by atoms with Crippen LogP contribution < -0.4 is 0 Å². The van der Waals surface area contributed by atoms with Gasteiger partial charge >= 0.3 is 0 Å². The van der Waals surface area contributed by atoms with E-state index in [1.54, 1.807) is 6.08 Å². The molecule has 21 heavy (non-hydrogen) atoms. The Morgan fingerprint density at radius 2 is 1.90 bits per heavy atom. The van der Waals surface area contributed by atoms with Gasteiger partial charge < -0.3 is 0 Å². The maximum Gasteiger partial charge on any atom is 0.0912 e. The molecule has 0 bridgehead atoms. The minimum atomic E-state index is 0.991. The Morgan fingerprint density at radius 3 is 2.52 bits per heavy atom. The molecule has 0 atom stereocenters. The smallest absolute Gasteiger partial charge is 0.0912 e. The Labute approximate surface area is 126 Å². The molecule has 1 aromatic carbocycles. The van der Waals surface area contributed by atoms with Crippen molar-refractivity contribution in [3.05, 3.63) is 59.8 Å². The van der Waals surface area contributed by atoms with Crippen LogP contribution in [0, 0.1) is 11.3 Å². The van der Waals surface area contributed by atoms with E-state index in [1.807, 2.05) is 36.5 Å². The van der Waals surface area contributed by atoms with Crippen molar-refractivity contribution in [2.75, 3.05) is 0 Å². The van der Waals surface area contributed by atoms with Crippen molar-refractivity contribution in [1.82, 2.24) is 4.98 Å². The van der Waals surface area contributed by atoms with Crippen LogP contribution in [0.5, 0.6) is 0 Å². The van der Waals surface area contributed by atoms with Gasteiger partial charge in [-0.1, -0.05) is 50.1 Å². The molecule has 0 radical (unpaired) electrons. The van der Waals surface area contributed by atoms with E-state index in [-0.39, 0.29) is 0 Å². The average Bonchev–Trinajstić information content (AvgIpc) is 2.54. The van der Waals surface area contributed by atoms with Crippen LogP contribution in [-0.4, -0.2) is 4.98 Å². The number of rotatable bonds is 6. The summed E-state index contributed by atoms with van der Waals surface area (Å²) in [4.78, 5) is 4.55. The van der Waals surface area contributed by atoms with Crippen LogP contribution in [0.2, 0.25) is 0 Å². The van der Waals surface area contributed by atoms with Gasteiger partial charge in [-0.2, -0.15) is 5.26 Å². The van der Waals surface area contributed by atoms with Gasteiger partial charge in [-0.3, -0.25) is 4.98 Å². The van der Waals surface area contributed by atoms with Crippen LogP contribution in [0.3, 0.4) is 0 Å². The molecule has 106 valence electrons. The monoisotopic (exact) mass is 276 g/mol. The Hall–Kier alpha value is -2.40. The van der Waals surface area contributed by atoms with E-state index < -0.39 is 0 Å². The van der Waals surface area contributed by atoms with E-state index in [9.17, 15) is 0 Å². The fourth-order valence-corrected chi connectivity index (χ4v) is 2.22. The van der Waals surface area contributed by atoms with E-state index >= 15 is 0 Å². The molecule has 0 saturated heterocycles. The molecule has 2 aromatic rings. The molecule has 0 unspecified atom stereocenters. The Balaban J connectivity index is 2.04. The highest BCUT2D eigenvalue weighted by molar-refractivity contribution is 5.62. The predicted molar refractivity (Wildman–Crippen MR) is 87.5 cm³/mol. The third kappa shape index (κ3) is 4.57. The Kier molecular flexibility index (Phi) is 5.72. The van der Waals surface area contributed by atoms with Crippen LogP contribution in [0.1, 0.15) is 37.3 Å². The second-order valence-corrected chi connectivity index (χ2v) is 5.09. The molecule has 2 heteroatoms. The molecule has 2 nitrogen and oxygen atoms in total. The highest BCUT2D eigenvalue weighted by Gasteiger charge is 2.00. The fraction of sp³-hybridized carbons (Fsp3) is 0.263. The number of hydrogen-bond acceptors (Lipinski definition) is 2. The summed E-state index contributed by atoms with van der Waals surface area (Å²) < 4.78 is 0. The van der Waals surface area contributed by atoms with Gasteiger partial charge in [0.1, 0.15) is 0 Å². The predicted octanol–water partition coefficient (Wildman–Crippen LogP) is 5.02. The highest BCUT2D eigenvalue weighted by Crippen LogP contribution is 2.19. The quantitative estimate of drug-likeness (QED) is 0.548. The zero-order valence-corrected chi connectivity index (χ0v) is 12.4. The molecule has 0 N–H and O–H groups in total. The highest BCUT2D eigenvalue weighted by atomic mass is 14.7. The lowest BCUT2D eigenvalue weighted by Crippen LogP contribution is -1.89. The van der Waals surface area contributed by atoms with Gasteiger partial charge in [0.05, 0.1) is 11.8 Å². The fourth-order valence-electron chi connectivity index (χ4n) is 2.22. The lowest BCUT2D eigenvalue weighted by atomic mass is 10.1. The number of allylic oxidation sites excluding steroid dienone is 1. The number of nitriles is 1. The lowest BCUT2D eigenvalue weighted by molar-refractivity contribution is 0.716. The zero-order valence-electron chi connectivity index (χ0n) is 12.4. The van der Waals surface area contributed by atoms with Crippen LogP contribution in [0.25, 0.3) is 17.3 Å². The standard InChI is InChI=1S/C19H20N2/c1-2-3-4-6-17-10-13-19(21-15-17)18-11-8-16(9-12-18)7-5-14-20/h5,7-13,15H,2-4,6H2,1H3. The summed E-state index contributed by atoms with van der Waals surface area (Å²) in [7, 11) is 0. The first-order valence-electron chi connectivity index (χ1n) is 7.45. The van der Waals surface area contributed by atoms with Crippen molar-refractivity contribution in [2.45, 2.75) is 32.6 Å². The third-order valence-corrected chi connectivity index (χ3v) is 3.45. The molecule has 0 aliphatic rings. The third-order valence-electron chi connectivity index (χ3n) is 3.45. The van der Waals surface area contributed by atoms with Gasteiger partial charge in [0, 0.05) is 17.8 Å². The molecular weight excluding hydrogens is 256 g/mol. The largest absolute Gasteiger partial charge is 0.256 e. The molecule has 1 aromatic heterocycles. The van der Waals surface area contributed by atoms with Crippen molar-refractivity contribution in [2.24, 2.45) is 0 Å². The molecule has 0 spiro atoms. The van der Waals surface area contributed by atoms with Crippen LogP contribution in [-0.2, 0) is 6.42 Å². The van der Waals surface area contributed by atoms with Gasteiger partial charge in [-0.15, -0.1) is 0 Å². The summed E-state index contributed by atoms with van der Waals surface area (Å²) >= 11 is 0. The summed E-state index contributed by atoms with van der Waals surface area (Å²) in [6, 6.07) is 14.3. The molecule has 1 heterocycles. The minimum Gasteiger partial charge on any atom is -0.256 e. The van der Waals surface area contributed by atoms with Gasteiger partial charge in [-0.25, -0.2) is 0 Å². The summed E-state index contributed by atoms with van der Waals surface area (Å²) in [5.74, 6) is 0. The van der Waals surface area contributed by atoms with Crippen LogP contribution in [0.4, 0.5) is 0 Å². The summed E-state index contributed by atoms with van der Waals surface area (Å²) in [6.45, 7) is 2.22. The first kappa shape index (κ1) is 15.0. The second-order valence-electron chi connectivity index (χ2n) is 5.09. The minimum absolute atomic E-state index is 0.991. The first-order chi connectivity index (χ1) is 10.3. The zero-order chi connectivity index (χ0) is 14.9. The number of pyridine rings is 1. The van der Waals surface area contributed by atoms with Crippen molar-refractivity contribution in [3.8, 4) is 17.3 Å². The maximum atomic E-state index is 8.52. The second kappa shape index (κ2) is 8.01. The Bertz CT molecular complexity index is 616. The van der Waals surface area contributed by atoms with Crippen molar-refractivity contribution >= 4 is 6.08 Å². The number of unbranched alkanes of at least 4 members (excludes halogenated alkanes) is 2. The molecule has 0 aliphatic heterocycles. The number of nitrogens with zero attached hydrogens (tertiary/aromatic N) is 2. The van der Waals surface area contributed by atoms with E-state index in [2.05, 4.69) is 24.0 Å². The molecular formula is C19H20N2. The molecule has 2 rings (SSSR count). The molecule has 0 aliphatic carbocycles. The van der Waals surface area contributed by atoms with Crippen LogP contribution >= 0.6 is 0 Å². The summed E-state index contributed by atoms with van der Waals surface area (Å²) in [5.41, 5.74) is 4.42. The van der Waals surface area contributed by atoms with Crippen molar-refractivity contribution in [3.63, 3.8) is 0 Å². The molecule has 0 fully saturated rings.